The predicted molar refractivity (Wildman–Crippen MR) is 170 cm³/mol. The lowest BCUT2D eigenvalue weighted by Crippen LogP contribution is -2.40. The molecule has 4 rings (SSSR count). The highest BCUT2D eigenvalue weighted by atomic mass is 35.5. The number of guanidine groups is 1. The molecule has 14 heteroatoms. The molecule has 2 aromatic carbocycles. The van der Waals surface area contributed by atoms with Gasteiger partial charge in [0, 0.05) is 68.5 Å². The fraction of sp³-hybridized carbons (Fsp3) is 0.367. The van der Waals surface area contributed by atoms with E-state index in [0.717, 1.165) is 24.1 Å². The van der Waals surface area contributed by atoms with E-state index in [-0.39, 0.29) is 60.7 Å². The SMILES string of the molecule is CNC(=O)c1ccccc1COc1ccc(-c2cc(C3CCN(C(=O)CCNC(=O)CN=C(N)N)CC3)n(C)n2)c(Cl)c1Cl. The topological polar surface area (TPSA) is 170 Å². The molecule has 0 aliphatic carbocycles. The summed E-state index contributed by atoms with van der Waals surface area (Å²) in [5.74, 6) is -0.112. The Morgan fingerprint density at radius 1 is 1.09 bits per heavy atom. The number of nitrogens with one attached hydrogen (secondary N) is 2. The van der Waals surface area contributed by atoms with Gasteiger partial charge in [-0.2, -0.15) is 5.10 Å². The molecule has 0 radical (unpaired) electrons. The van der Waals surface area contributed by atoms with E-state index < -0.39 is 0 Å². The maximum atomic E-state index is 12.7. The molecule has 2 heterocycles. The van der Waals surface area contributed by atoms with Crippen LogP contribution in [0.5, 0.6) is 5.75 Å². The second-order valence-corrected chi connectivity index (χ2v) is 11.1. The molecule has 1 aliphatic rings. The van der Waals surface area contributed by atoms with Crippen LogP contribution in [0.25, 0.3) is 11.3 Å². The van der Waals surface area contributed by atoms with Gasteiger partial charge >= 0.3 is 0 Å². The highest BCUT2D eigenvalue weighted by Gasteiger charge is 2.27. The number of nitrogens with two attached hydrogens (primary N) is 2. The number of aliphatic imine (C=N–C) groups is 1. The Hall–Kier alpha value is -4.29. The zero-order chi connectivity index (χ0) is 31.8. The van der Waals surface area contributed by atoms with Crippen LogP contribution in [0.4, 0.5) is 0 Å². The van der Waals surface area contributed by atoms with E-state index >= 15 is 0 Å². The number of benzene rings is 2. The first-order valence-corrected chi connectivity index (χ1v) is 14.9. The van der Waals surface area contributed by atoms with Gasteiger partial charge in [0.1, 0.15) is 23.9 Å². The second-order valence-electron chi connectivity index (χ2n) is 10.3. The van der Waals surface area contributed by atoms with Gasteiger partial charge < -0.3 is 31.7 Å². The molecule has 6 N–H and O–H groups in total. The van der Waals surface area contributed by atoms with E-state index in [4.69, 9.17) is 44.5 Å². The first-order valence-electron chi connectivity index (χ1n) is 14.1. The molecule has 3 aromatic rings. The van der Waals surface area contributed by atoms with Crippen molar-refractivity contribution < 1.29 is 19.1 Å². The molecule has 3 amide bonds. The minimum atomic E-state index is -0.343. The van der Waals surface area contributed by atoms with Crippen molar-refractivity contribution in [3.05, 3.63) is 69.3 Å². The van der Waals surface area contributed by atoms with E-state index in [1.54, 1.807) is 25.2 Å². The summed E-state index contributed by atoms with van der Waals surface area (Å²) in [5, 5.41) is 10.6. The van der Waals surface area contributed by atoms with Gasteiger partial charge in [0.05, 0.1) is 10.7 Å². The Kier molecular flexibility index (Phi) is 11.1. The molecule has 0 unspecified atom stereocenters. The van der Waals surface area contributed by atoms with Crippen LogP contribution in [-0.2, 0) is 23.2 Å². The number of amides is 3. The Balaban J connectivity index is 1.35. The summed E-state index contributed by atoms with van der Waals surface area (Å²) in [5.41, 5.74) is 14.1. The van der Waals surface area contributed by atoms with Crippen molar-refractivity contribution in [2.45, 2.75) is 31.8 Å². The number of likely N-dealkylation sites (tertiary alicyclic amines) is 1. The van der Waals surface area contributed by atoms with E-state index in [1.807, 2.05) is 40.9 Å². The van der Waals surface area contributed by atoms with Gasteiger partial charge in [-0.3, -0.25) is 19.1 Å². The fourth-order valence-electron chi connectivity index (χ4n) is 5.10. The highest BCUT2D eigenvalue weighted by molar-refractivity contribution is 6.44. The maximum Gasteiger partial charge on any atom is 0.251 e. The van der Waals surface area contributed by atoms with E-state index in [2.05, 4.69) is 15.6 Å². The average molecular weight is 644 g/mol. The second kappa shape index (κ2) is 14.9. The Labute approximate surface area is 265 Å². The van der Waals surface area contributed by atoms with Gasteiger partial charge in [-0.05, 0) is 37.1 Å². The quantitative estimate of drug-likeness (QED) is 0.184. The number of hydrogen-bond donors (Lipinski definition) is 4. The maximum absolute atomic E-state index is 12.7. The summed E-state index contributed by atoms with van der Waals surface area (Å²) >= 11 is 13.3. The van der Waals surface area contributed by atoms with Crippen molar-refractivity contribution in [2.24, 2.45) is 23.5 Å². The van der Waals surface area contributed by atoms with Crippen molar-refractivity contribution in [1.82, 2.24) is 25.3 Å². The van der Waals surface area contributed by atoms with Crippen LogP contribution in [-0.4, -0.2) is 71.6 Å². The van der Waals surface area contributed by atoms with E-state index in [9.17, 15) is 14.4 Å². The third-order valence-electron chi connectivity index (χ3n) is 7.44. The van der Waals surface area contributed by atoms with Gasteiger partial charge in [0.25, 0.3) is 5.91 Å². The van der Waals surface area contributed by atoms with Crippen molar-refractivity contribution in [2.75, 3.05) is 33.2 Å². The van der Waals surface area contributed by atoms with Crippen LogP contribution in [0.1, 0.15) is 46.8 Å². The zero-order valence-electron chi connectivity index (χ0n) is 24.6. The molecule has 1 aromatic heterocycles. The number of aromatic nitrogens is 2. The zero-order valence-corrected chi connectivity index (χ0v) is 26.1. The lowest BCUT2D eigenvalue weighted by molar-refractivity contribution is -0.132. The molecule has 12 nitrogen and oxygen atoms in total. The van der Waals surface area contributed by atoms with Crippen LogP contribution < -0.4 is 26.8 Å². The third-order valence-corrected chi connectivity index (χ3v) is 8.31. The normalized spacial score (nSPS) is 13.3. The van der Waals surface area contributed by atoms with Crippen LogP contribution in [0.3, 0.4) is 0 Å². The van der Waals surface area contributed by atoms with Crippen LogP contribution in [0, 0.1) is 0 Å². The molecule has 0 spiro atoms. The molecule has 234 valence electrons. The van der Waals surface area contributed by atoms with Crippen molar-refractivity contribution in [1.29, 1.82) is 0 Å². The summed E-state index contributed by atoms with van der Waals surface area (Å²) in [7, 11) is 3.47. The van der Waals surface area contributed by atoms with Gasteiger partial charge in [-0.15, -0.1) is 0 Å². The van der Waals surface area contributed by atoms with Crippen molar-refractivity contribution in [3.63, 3.8) is 0 Å². The molecule has 44 heavy (non-hydrogen) atoms. The molecule has 0 atom stereocenters. The minimum Gasteiger partial charge on any atom is -0.487 e. The van der Waals surface area contributed by atoms with Gasteiger partial charge in [0.15, 0.2) is 5.96 Å². The number of halogens is 2. The number of nitrogens with zero attached hydrogens (tertiary/aromatic N) is 4. The average Bonchev–Trinajstić information content (AvgIpc) is 3.41. The molecule has 0 bridgehead atoms. The Bertz CT molecular complexity index is 1550. The smallest absolute Gasteiger partial charge is 0.251 e. The largest absolute Gasteiger partial charge is 0.487 e. The number of piperidine rings is 1. The minimum absolute atomic E-state index is 0.0165. The van der Waals surface area contributed by atoms with Gasteiger partial charge in [0.2, 0.25) is 11.8 Å². The first kappa shape index (κ1) is 32.6. The Morgan fingerprint density at radius 2 is 1.82 bits per heavy atom. The van der Waals surface area contributed by atoms with Crippen LogP contribution in [0.2, 0.25) is 10.0 Å². The lowest BCUT2D eigenvalue weighted by atomic mass is 9.92. The molecule has 1 aliphatic heterocycles. The Morgan fingerprint density at radius 3 is 2.52 bits per heavy atom. The van der Waals surface area contributed by atoms with Crippen molar-refractivity contribution >= 4 is 46.9 Å². The van der Waals surface area contributed by atoms with E-state index in [1.165, 1.54) is 0 Å². The number of rotatable bonds is 11. The van der Waals surface area contributed by atoms with Crippen LogP contribution >= 0.6 is 23.2 Å². The molecular weight excluding hydrogens is 607 g/mol. The van der Waals surface area contributed by atoms with Crippen molar-refractivity contribution in [3.8, 4) is 17.0 Å². The first-order chi connectivity index (χ1) is 21.1. The number of hydrogen-bond acceptors (Lipinski definition) is 6. The summed E-state index contributed by atoms with van der Waals surface area (Å²) in [6.07, 6.45) is 1.76. The molecule has 0 saturated carbocycles. The summed E-state index contributed by atoms with van der Waals surface area (Å²) in [6.45, 7) is 1.40. The fourth-order valence-corrected chi connectivity index (χ4v) is 5.58. The standard InChI is InChI=1S/C30H36Cl2N8O4/c1-35-29(43)20-6-4-3-5-19(20)17-44-24-8-7-21(27(31)28(24)32)22-15-23(39(2)38-22)18-10-13-40(14-11-18)26(42)9-12-36-25(41)16-37-30(33)34/h3-8,15,18H,9-14,16-17H2,1-2H3,(H,35,43)(H,36,41)(H4,33,34,37). The summed E-state index contributed by atoms with van der Waals surface area (Å²) in [4.78, 5) is 42.0. The number of ether oxygens (including phenoxy) is 1. The third kappa shape index (κ3) is 8.00. The number of carbonyl (C=O) groups is 3. The van der Waals surface area contributed by atoms with Gasteiger partial charge in [-0.25, -0.2) is 4.99 Å². The molecule has 1 saturated heterocycles. The monoisotopic (exact) mass is 642 g/mol. The predicted octanol–water partition coefficient (Wildman–Crippen LogP) is 2.82. The van der Waals surface area contributed by atoms with E-state index in [0.29, 0.717) is 40.7 Å². The number of carbonyl (C=O) groups excluding carboxylic acids is 3. The summed E-state index contributed by atoms with van der Waals surface area (Å²) in [6, 6.07) is 12.8. The van der Waals surface area contributed by atoms with Crippen LogP contribution in [0.15, 0.2) is 47.5 Å². The lowest BCUT2D eigenvalue weighted by Gasteiger charge is -2.32. The summed E-state index contributed by atoms with van der Waals surface area (Å²) < 4.78 is 7.79. The molecule has 1 fully saturated rings. The molecular formula is C30H36Cl2N8O4. The van der Waals surface area contributed by atoms with Gasteiger partial charge in [-0.1, -0.05) is 41.4 Å². The number of aryl methyl sites for hydroxylation is 1. The highest BCUT2D eigenvalue weighted by Crippen LogP contribution is 2.40.